The molecule has 24 heavy (non-hydrogen) atoms. The second-order valence-corrected chi connectivity index (χ2v) is 7.04. The van der Waals surface area contributed by atoms with Crippen molar-refractivity contribution >= 4 is 23.7 Å². The van der Waals surface area contributed by atoms with Crippen LogP contribution in [0.25, 0.3) is 0 Å². The first-order chi connectivity index (χ1) is 11.0. The van der Waals surface area contributed by atoms with Gasteiger partial charge in [-0.05, 0) is 52.3 Å². The summed E-state index contributed by atoms with van der Waals surface area (Å²) in [5.41, 5.74) is -0.112. The third-order valence-electron chi connectivity index (χ3n) is 2.75. The molecule has 0 heterocycles. The van der Waals surface area contributed by atoms with Crippen LogP contribution in [-0.4, -0.2) is 29.8 Å². The molecule has 0 bridgehead atoms. The van der Waals surface area contributed by atoms with E-state index in [1.54, 1.807) is 34.6 Å². The van der Waals surface area contributed by atoms with Crippen LogP contribution < -0.4 is 5.32 Å². The van der Waals surface area contributed by atoms with E-state index in [2.05, 4.69) is 5.32 Å². The zero-order chi connectivity index (χ0) is 18.5. The highest BCUT2D eigenvalue weighted by Crippen LogP contribution is 2.18. The molecule has 7 heteroatoms. The van der Waals surface area contributed by atoms with E-state index in [9.17, 15) is 14.0 Å². The molecule has 0 saturated heterocycles. The number of carbonyl (C=O) groups excluding carboxylic acids is 2. The number of hydrogen-bond donors (Lipinski definition) is 1. The highest BCUT2D eigenvalue weighted by atomic mass is 35.5. The average Bonchev–Trinajstić information content (AvgIpc) is 2.39. The van der Waals surface area contributed by atoms with Crippen LogP contribution in [0.15, 0.2) is 18.2 Å². The Bertz CT molecular complexity index is 599. The van der Waals surface area contributed by atoms with E-state index in [0.717, 1.165) is 0 Å². The van der Waals surface area contributed by atoms with Crippen molar-refractivity contribution in [2.75, 3.05) is 0 Å². The predicted molar refractivity (Wildman–Crippen MR) is 89.5 cm³/mol. The van der Waals surface area contributed by atoms with Crippen molar-refractivity contribution in [3.63, 3.8) is 0 Å². The summed E-state index contributed by atoms with van der Waals surface area (Å²) in [6.07, 6.45) is -0.969. The Kier molecular flexibility index (Phi) is 7.02. The minimum atomic E-state index is -0.969. The molecule has 0 saturated carbocycles. The molecule has 1 amide bonds. The minimum absolute atomic E-state index is 0.0549. The molecule has 1 atom stereocenters. The summed E-state index contributed by atoms with van der Waals surface area (Å²) in [6, 6.07) is 3.14. The molecular weight excluding hydrogens is 337 g/mol. The Morgan fingerprint density at radius 3 is 2.42 bits per heavy atom. The molecule has 0 aliphatic rings. The number of rotatable bonds is 5. The lowest BCUT2D eigenvalue weighted by molar-refractivity contribution is -0.149. The van der Waals surface area contributed by atoms with Crippen LogP contribution in [0.2, 0.25) is 5.02 Å². The van der Waals surface area contributed by atoms with E-state index in [-0.39, 0.29) is 17.5 Å². The Labute approximate surface area is 146 Å². The van der Waals surface area contributed by atoms with Crippen molar-refractivity contribution in [2.45, 2.75) is 58.8 Å². The molecule has 1 aromatic carbocycles. The molecule has 0 spiro atoms. The van der Waals surface area contributed by atoms with Crippen LogP contribution >= 0.6 is 11.6 Å². The smallest absolute Gasteiger partial charge is 0.408 e. The topological polar surface area (TPSA) is 64.6 Å². The van der Waals surface area contributed by atoms with Crippen molar-refractivity contribution < 1.29 is 23.5 Å². The standard InChI is InChI=1S/C17H23ClFNO4/c1-10(2)23-15(21)14(20-16(22)24-17(3,4)5)9-11-6-7-13(19)12(18)8-11/h6-8,10,14H,9H2,1-5H3,(H,20,22)/t14-/m1/s1. The lowest BCUT2D eigenvalue weighted by Crippen LogP contribution is -2.46. The van der Waals surface area contributed by atoms with E-state index in [4.69, 9.17) is 21.1 Å². The number of benzene rings is 1. The number of hydrogen-bond acceptors (Lipinski definition) is 4. The number of amides is 1. The Balaban J connectivity index is 2.90. The largest absolute Gasteiger partial charge is 0.461 e. The van der Waals surface area contributed by atoms with Crippen LogP contribution in [0.5, 0.6) is 0 Å². The van der Waals surface area contributed by atoms with Crippen LogP contribution in [-0.2, 0) is 20.7 Å². The molecule has 0 unspecified atom stereocenters. The predicted octanol–water partition coefficient (Wildman–Crippen LogP) is 3.87. The zero-order valence-corrected chi connectivity index (χ0v) is 15.2. The average molecular weight is 360 g/mol. The third-order valence-corrected chi connectivity index (χ3v) is 3.04. The normalized spacial score (nSPS) is 12.7. The number of carbonyl (C=O) groups is 2. The molecule has 0 aromatic heterocycles. The fraction of sp³-hybridized carbons (Fsp3) is 0.529. The van der Waals surface area contributed by atoms with E-state index in [0.29, 0.717) is 5.56 Å². The highest BCUT2D eigenvalue weighted by Gasteiger charge is 2.26. The zero-order valence-electron chi connectivity index (χ0n) is 14.5. The summed E-state index contributed by atoms with van der Waals surface area (Å²) in [5.74, 6) is -1.15. The van der Waals surface area contributed by atoms with E-state index in [1.807, 2.05) is 0 Å². The maximum atomic E-state index is 13.2. The van der Waals surface area contributed by atoms with Gasteiger partial charge in [-0.2, -0.15) is 0 Å². The Hall–Kier alpha value is -1.82. The van der Waals surface area contributed by atoms with Gasteiger partial charge in [0.1, 0.15) is 17.5 Å². The van der Waals surface area contributed by atoms with Crippen molar-refractivity contribution in [1.82, 2.24) is 5.32 Å². The van der Waals surface area contributed by atoms with Gasteiger partial charge in [-0.1, -0.05) is 17.7 Å². The van der Waals surface area contributed by atoms with Gasteiger partial charge in [0.05, 0.1) is 11.1 Å². The summed E-state index contributed by atoms with van der Waals surface area (Å²) >= 11 is 5.75. The van der Waals surface area contributed by atoms with Gasteiger partial charge in [0.15, 0.2) is 0 Å². The maximum Gasteiger partial charge on any atom is 0.408 e. The summed E-state index contributed by atoms with van der Waals surface area (Å²) < 4.78 is 23.6. The van der Waals surface area contributed by atoms with E-state index >= 15 is 0 Å². The lowest BCUT2D eigenvalue weighted by atomic mass is 10.1. The van der Waals surface area contributed by atoms with Gasteiger partial charge in [-0.3, -0.25) is 0 Å². The Morgan fingerprint density at radius 2 is 1.92 bits per heavy atom. The summed E-state index contributed by atoms with van der Waals surface area (Å²) in [4.78, 5) is 24.2. The number of ether oxygens (including phenoxy) is 2. The van der Waals surface area contributed by atoms with Crippen LogP contribution in [0.4, 0.5) is 9.18 Å². The molecule has 0 aliphatic heterocycles. The monoisotopic (exact) mass is 359 g/mol. The quantitative estimate of drug-likeness (QED) is 0.810. The van der Waals surface area contributed by atoms with Gasteiger partial charge in [0, 0.05) is 6.42 Å². The second kappa shape index (κ2) is 8.33. The van der Waals surface area contributed by atoms with Gasteiger partial charge < -0.3 is 14.8 Å². The second-order valence-electron chi connectivity index (χ2n) is 6.64. The third kappa shape index (κ3) is 7.17. The van der Waals surface area contributed by atoms with E-state index < -0.39 is 29.5 Å². The number of halogens is 2. The van der Waals surface area contributed by atoms with Gasteiger partial charge in [-0.15, -0.1) is 0 Å². The summed E-state index contributed by atoms with van der Waals surface area (Å²) in [7, 11) is 0. The molecule has 1 N–H and O–H groups in total. The summed E-state index contributed by atoms with van der Waals surface area (Å²) in [6.45, 7) is 8.56. The van der Waals surface area contributed by atoms with Crippen molar-refractivity contribution in [1.29, 1.82) is 0 Å². The number of nitrogens with one attached hydrogen (secondary N) is 1. The van der Waals surface area contributed by atoms with Gasteiger partial charge in [0.25, 0.3) is 0 Å². The molecule has 0 fully saturated rings. The van der Waals surface area contributed by atoms with Gasteiger partial charge in [-0.25, -0.2) is 14.0 Å². The molecular formula is C17H23ClFNO4. The van der Waals surface area contributed by atoms with Crippen LogP contribution in [0.1, 0.15) is 40.2 Å². The molecule has 1 aromatic rings. The molecule has 0 radical (unpaired) electrons. The first-order valence-electron chi connectivity index (χ1n) is 7.62. The van der Waals surface area contributed by atoms with Gasteiger partial charge in [0.2, 0.25) is 0 Å². The fourth-order valence-corrected chi connectivity index (χ4v) is 2.06. The van der Waals surface area contributed by atoms with Gasteiger partial charge >= 0.3 is 12.1 Å². The lowest BCUT2D eigenvalue weighted by Gasteiger charge is -2.23. The first-order valence-corrected chi connectivity index (χ1v) is 7.99. The molecule has 1 rings (SSSR count). The molecule has 5 nitrogen and oxygen atoms in total. The Morgan fingerprint density at radius 1 is 1.29 bits per heavy atom. The highest BCUT2D eigenvalue weighted by molar-refractivity contribution is 6.30. The minimum Gasteiger partial charge on any atom is -0.461 e. The molecule has 134 valence electrons. The number of alkyl carbamates (subject to hydrolysis) is 1. The summed E-state index contributed by atoms with van der Waals surface area (Å²) in [5, 5.41) is 2.43. The fourth-order valence-electron chi connectivity index (χ4n) is 1.86. The van der Waals surface area contributed by atoms with E-state index in [1.165, 1.54) is 18.2 Å². The number of esters is 1. The van der Waals surface area contributed by atoms with Crippen molar-refractivity contribution in [3.8, 4) is 0 Å². The maximum absolute atomic E-state index is 13.2. The van der Waals surface area contributed by atoms with Crippen LogP contribution in [0.3, 0.4) is 0 Å². The van der Waals surface area contributed by atoms with Crippen LogP contribution in [0, 0.1) is 5.82 Å². The van der Waals surface area contributed by atoms with Crippen molar-refractivity contribution in [3.05, 3.63) is 34.6 Å². The molecule has 0 aliphatic carbocycles. The SMILES string of the molecule is CC(C)OC(=O)[C@@H](Cc1ccc(F)c(Cl)c1)NC(=O)OC(C)(C)C. The van der Waals surface area contributed by atoms with Crippen molar-refractivity contribution in [2.24, 2.45) is 0 Å². The first kappa shape index (κ1) is 20.2.